The smallest absolute Gasteiger partial charge is 0.212 e. The minimum Gasteiger partial charge on any atom is -0.497 e. The van der Waals surface area contributed by atoms with E-state index in [1.54, 1.807) is 38.6 Å². The van der Waals surface area contributed by atoms with Crippen LogP contribution in [0.4, 0.5) is 0 Å². The molecule has 112 valence electrons. The molecule has 0 saturated heterocycles. The fourth-order valence-electron chi connectivity index (χ4n) is 2.04. The van der Waals surface area contributed by atoms with E-state index in [0.717, 1.165) is 0 Å². The number of carbonyl (C=O) groups excluding carboxylic acids is 1. The number of rotatable bonds is 5. The molecule has 0 radical (unpaired) electrons. The van der Waals surface area contributed by atoms with Gasteiger partial charge in [0, 0.05) is 23.2 Å². The van der Waals surface area contributed by atoms with Crippen LogP contribution in [0.2, 0.25) is 0 Å². The number of ether oxygens (including phenoxy) is 2. The number of thiazole rings is 1. The van der Waals surface area contributed by atoms with Crippen molar-refractivity contribution in [2.75, 3.05) is 14.2 Å². The summed E-state index contributed by atoms with van der Waals surface area (Å²) in [6.45, 7) is 0. The molecule has 7 nitrogen and oxygen atoms in total. The Labute approximate surface area is 130 Å². The molecule has 0 aliphatic rings. The lowest BCUT2D eigenvalue weighted by Gasteiger charge is -2.09. The van der Waals surface area contributed by atoms with Gasteiger partial charge in [-0.15, -0.1) is 16.4 Å². The molecular weight excluding hydrogens is 304 g/mol. The number of hydrogen-bond donors (Lipinski definition) is 0. The van der Waals surface area contributed by atoms with Gasteiger partial charge >= 0.3 is 0 Å². The Morgan fingerprint density at radius 3 is 2.45 bits per heavy atom. The van der Waals surface area contributed by atoms with Crippen molar-refractivity contribution in [3.8, 4) is 27.9 Å². The molecule has 0 saturated carbocycles. The lowest BCUT2D eigenvalue weighted by atomic mass is 10.1. The Morgan fingerprint density at radius 2 is 1.91 bits per heavy atom. The molecule has 1 aromatic carbocycles. The monoisotopic (exact) mass is 316 g/mol. The summed E-state index contributed by atoms with van der Waals surface area (Å²) in [5, 5.41) is 10.4. The summed E-state index contributed by atoms with van der Waals surface area (Å²) in [6, 6.07) is 5.33. The van der Waals surface area contributed by atoms with E-state index in [-0.39, 0.29) is 5.69 Å². The average molecular weight is 316 g/mol. The molecular formula is C14H12N4O3S. The van der Waals surface area contributed by atoms with E-state index >= 15 is 0 Å². The predicted molar refractivity (Wildman–Crippen MR) is 81.0 cm³/mol. The predicted octanol–water partition coefficient (Wildman–Crippen LogP) is 2.22. The van der Waals surface area contributed by atoms with Gasteiger partial charge in [0.15, 0.2) is 12.0 Å². The second-order valence-corrected chi connectivity index (χ2v) is 5.14. The second-order valence-electron chi connectivity index (χ2n) is 4.27. The zero-order valence-electron chi connectivity index (χ0n) is 11.9. The number of hydrogen-bond acceptors (Lipinski definition) is 7. The van der Waals surface area contributed by atoms with Crippen molar-refractivity contribution in [2.24, 2.45) is 0 Å². The van der Waals surface area contributed by atoms with E-state index in [1.807, 2.05) is 5.38 Å². The number of carbonyl (C=O) groups is 1. The topological polar surface area (TPSA) is 79.1 Å². The Hall–Kier alpha value is -2.74. The number of nitrogens with zero attached hydrogens (tertiary/aromatic N) is 4. The summed E-state index contributed by atoms with van der Waals surface area (Å²) in [6.07, 6.45) is 2.33. The van der Waals surface area contributed by atoms with Gasteiger partial charge in [-0.05, 0) is 12.1 Å². The van der Waals surface area contributed by atoms with Crippen molar-refractivity contribution in [1.82, 2.24) is 20.0 Å². The second kappa shape index (κ2) is 5.94. The first-order valence-corrected chi connectivity index (χ1v) is 7.19. The summed E-state index contributed by atoms with van der Waals surface area (Å²) >= 11 is 1.40. The molecule has 0 atom stereocenters. The van der Waals surface area contributed by atoms with Crippen molar-refractivity contribution in [3.05, 3.63) is 35.5 Å². The van der Waals surface area contributed by atoms with E-state index in [0.29, 0.717) is 34.2 Å². The van der Waals surface area contributed by atoms with Crippen LogP contribution in [-0.4, -0.2) is 40.5 Å². The van der Waals surface area contributed by atoms with E-state index in [2.05, 4.69) is 15.3 Å². The average Bonchev–Trinajstić information content (AvgIpc) is 3.22. The van der Waals surface area contributed by atoms with Crippen LogP contribution in [0.25, 0.3) is 16.4 Å². The number of methoxy groups -OCH3 is 2. The fraction of sp³-hybridized carbons (Fsp3) is 0.143. The third kappa shape index (κ3) is 2.44. The maximum Gasteiger partial charge on any atom is 0.212 e. The molecule has 0 fully saturated rings. The third-order valence-electron chi connectivity index (χ3n) is 3.03. The van der Waals surface area contributed by atoms with Gasteiger partial charge in [0.2, 0.25) is 5.13 Å². The van der Waals surface area contributed by atoms with Crippen molar-refractivity contribution in [1.29, 1.82) is 0 Å². The van der Waals surface area contributed by atoms with Gasteiger partial charge in [-0.25, -0.2) is 4.98 Å². The normalized spacial score (nSPS) is 10.5. The standard InChI is InChI=1S/C14H12N4O3S/c1-20-10-5-9(6-11(7-10)21-2)13-12(8-19)16-17-18(13)14-15-3-4-22-14/h3-8H,1-2H3. The Balaban J connectivity index is 2.23. The maximum atomic E-state index is 11.3. The highest BCUT2D eigenvalue weighted by Crippen LogP contribution is 2.32. The first-order chi connectivity index (χ1) is 10.8. The van der Waals surface area contributed by atoms with Crippen LogP contribution in [-0.2, 0) is 0 Å². The van der Waals surface area contributed by atoms with E-state index < -0.39 is 0 Å². The molecule has 0 unspecified atom stereocenters. The summed E-state index contributed by atoms with van der Waals surface area (Å²) in [4.78, 5) is 15.5. The number of aromatic nitrogens is 4. The molecule has 0 aliphatic heterocycles. The zero-order valence-corrected chi connectivity index (χ0v) is 12.7. The fourth-order valence-corrected chi connectivity index (χ4v) is 2.63. The van der Waals surface area contributed by atoms with Crippen LogP contribution in [0.5, 0.6) is 11.5 Å². The van der Waals surface area contributed by atoms with Gasteiger partial charge < -0.3 is 9.47 Å². The molecule has 0 spiro atoms. The molecule has 8 heteroatoms. The van der Waals surface area contributed by atoms with Crippen LogP contribution in [0.1, 0.15) is 10.5 Å². The van der Waals surface area contributed by atoms with E-state index in [9.17, 15) is 4.79 Å². The van der Waals surface area contributed by atoms with Gasteiger partial charge in [-0.3, -0.25) is 4.79 Å². The molecule has 2 aromatic heterocycles. The van der Waals surface area contributed by atoms with Crippen LogP contribution in [0.15, 0.2) is 29.8 Å². The summed E-state index contributed by atoms with van der Waals surface area (Å²) in [5.74, 6) is 1.22. The van der Waals surface area contributed by atoms with Crippen LogP contribution in [0, 0.1) is 0 Å². The Bertz CT molecular complexity index is 776. The quantitative estimate of drug-likeness (QED) is 0.672. The molecule has 3 aromatic rings. The summed E-state index contributed by atoms with van der Waals surface area (Å²) in [5.41, 5.74) is 1.48. The number of benzene rings is 1. The van der Waals surface area contributed by atoms with Crippen molar-refractivity contribution >= 4 is 17.6 Å². The van der Waals surface area contributed by atoms with Crippen molar-refractivity contribution < 1.29 is 14.3 Å². The lowest BCUT2D eigenvalue weighted by molar-refractivity contribution is 0.111. The molecule has 3 rings (SSSR count). The highest BCUT2D eigenvalue weighted by Gasteiger charge is 2.18. The zero-order chi connectivity index (χ0) is 15.5. The highest BCUT2D eigenvalue weighted by atomic mass is 32.1. The van der Waals surface area contributed by atoms with E-state index in [1.165, 1.54) is 16.0 Å². The van der Waals surface area contributed by atoms with Gasteiger partial charge in [-0.1, -0.05) is 5.21 Å². The molecule has 0 N–H and O–H groups in total. The van der Waals surface area contributed by atoms with Crippen LogP contribution < -0.4 is 9.47 Å². The molecule has 22 heavy (non-hydrogen) atoms. The molecule has 0 bridgehead atoms. The lowest BCUT2D eigenvalue weighted by Crippen LogP contribution is -2.00. The minimum atomic E-state index is 0.227. The first-order valence-electron chi connectivity index (χ1n) is 6.31. The SMILES string of the molecule is COc1cc(OC)cc(-c2c(C=O)nnn2-c2nccs2)c1. The highest BCUT2D eigenvalue weighted by molar-refractivity contribution is 7.12. The minimum absolute atomic E-state index is 0.227. The summed E-state index contributed by atoms with van der Waals surface area (Å²) in [7, 11) is 3.13. The summed E-state index contributed by atoms with van der Waals surface area (Å²) < 4.78 is 12.1. The van der Waals surface area contributed by atoms with Gasteiger partial charge in [-0.2, -0.15) is 4.68 Å². The molecule has 0 aliphatic carbocycles. The van der Waals surface area contributed by atoms with Gasteiger partial charge in [0.25, 0.3) is 0 Å². The van der Waals surface area contributed by atoms with Gasteiger partial charge in [0.05, 0.1) is 14.2 Å². The van der Waals surface area contributed by atoms with Crippen LogP contribution >= 0.6 is 11.3 Å². The van der Waals surface area contributed by atoms with Crippen molar-refractivity contribution in [2.45, 2.75) is 0 Å². The molecule has 0 amide bonds. The molecule has 2 heterocycles. The maximum absolute atomic E-state index is 11.3. The van der Waals surface area contributed by atoms with Gasteiger partial charge in [0.1, 0.15) is 17.2 Å². The third-order valence-corrected chi connectivity index (χ3v) is 3.78. The first kappa shape index (κ1) is 14.2. The van der Waals surface area contributed by atoms with Crippen LogP contribution in [0.3, 0.4) is 0 Å². The van der Waals surface area contributed by atoms with Crippen molar-refractivity contribution in [3.63, 3.8) is 0 Å². The number of aldehydes is 1. The Kier molecular flexibility index (Phi) is 3.84. The Morgan fingerprint density at radius 1 is 1.18 bits per heavy atom. The van der Waals surface area contributed by atoms with E-state index in [4.69, 9.17) is 9.47 Å². The largest absolute Gasteiger partial charge is 0.497 e.